The second kappa shape index (κ2) is 8.59. The van der Waals surface area contributed by atoms with Gasteiger partial charge < -0.3 is 9.29 Å². The summed E-state index contributed by atoms with van der Waals surface area (Å²) in [5.74, 6) is 1.22. The molecule has 0 spiro atoms. The zero-order chi connectivity index (χ0) is 20.4. The maximum absolute atomic E-state index is 11.0. The third-order valence-corrected chi connectivity index (χ3v) is 5.99. The Bertz CT molecular complexity index is 1120. The molecule has 1 heterocycles. The molecule has 0 amide bonds. The van der Waals surface area contributed by atoms with Gasteiger partial charge in [-0.3, -0.25) is 4.21 Å². The first-order valence-electron chi connectivity index (χ1n) is 8.95. The van der Waals surface area contributed by atoms with Crippen LogP contribution in [0.5, 0.6) is 5.75 Å². The van der Waals surface area contributed by atoms with Crippen LogP contribution in [0.1, 0.15) is 28.2 Å². The number of halogens is 1. The average molecular weight is 440 g/mol. The summed E-state index contributed by atoms with van der Waals surface area (Å²) in [6.07, 6.45) is 0. The minimum Gasteiger partial charge on any atom is -0.772 e. The van der Waals surface area contributed by atoms with Gasteiger partial charge in [0.1, 0.15) is 11.5 Å². The highest BCUT2D eigenvalue weighted by molar-refractivity contribution is 7.79. The van der Waals surface area contributed by atoms with Gasteiger partial charge in [0, 0.05) is 39.0 Å². The second-order valence-corrected chi connectivity index (χ2v) is 8.20. The highest BCUT2D eigenvalue weighted by Gasteiger charge is 2.30. The van der Waals surface area contributed by atoms with E-state index < -0.39 is 11.1 Å². The predicted molar refractivity (Wildman–Crippen MR) is 121 cm³/mol. The Kier molecular flexibility index (Phi) is 5.92. The van der Waals surface area contributed by atoms with Gasteiger partial charge in [-0.25, -0.2) is 0 Å². The van der Waals surface area contributed by atoms with Crippen LogP contribution in [0.2, 0.25) is 5.02 Å². The summed E-state index contributed by atoms with van der Waals surface area (Å²) in [6.45, 7) is 0. The van der Waals surface area contributed by atoms with Gasteiger partial charge in [-0.2, -0.15) is 0 Å². The molecule has 1 aliphatic heterocycles. The number of rotatable bonds is 5. The highest BCUT2D eigenvalue weighted by atomic mass is 35.5. The molecule has 3 aromatic rings. The molecule has 2 atom stereocenters. The van der Waals surface area contributed by atoms with Crippen molar-refractivity contribution in [3.63, 3.8) is 0 Å². The maximum Gasteiger partial charge on any atom is 0.139 e. The summed E-state index contributed by atoms with van der Waals surface area (Å²) in [4.78, 5) is 0. The minimum absolute atomic E-state index is 0.0248. The van der Waals surface area contributed by atoms with E-state index in [4.69, 9.17) is 28.6 Å². The van der Waals surface area contributed by atoms with Crippen molar-refractivity contribution in [2.24, 2.45) is 0 Å². The first-order valence-corrected chi connectivity index (χ1v) is 11.0. The minimum atomic E-state index is -2.13. The molecule has 1 aliphatic rings. The maximum atomic E-state index is 11.0. The molecule has 0 saturated heterocycles. The van der Waals surface area contributed by atoms with Crippen LogP contribution in [0, 0.1) is 0 Å². The molecule has 0 N–H and O–H groups in total. The van der Waals surface area contributed by atoms with Gasteiger partial charge in [0.25, 0.3) is 0 Å². The molecule has 0 saturated carbocycles. The van der Waals surface area contributed by atoms with Crippen LogP contribution in [0.4, 0.5) is 0 Å². The van der Waals surface area contributed by atoms with Crippen molar-refractivity contribution in [1.29, 1.82) is 0 Å². The van der Waals surface area contributed by atoms with Crippen molar-refractivity contribution in [2.75, 3.05) is 0 Å². The number of ether oxygens (including phenoxy) is 1. The Balaban J connectivity index is 1.91. The van der Waals surface area contributed by atoms with E-state index >= 15 is 0 Å². The van der Waals surface area contributed by atoms with E-state index in [9.17, 15) is 8.76 Å². The largest absolute Gasteiger partial charge is 0.772 e. The van der Waals surface area contributed by atoms with Crippen LogP contribution < -0.4 is 4.74 Å². The third-order valence-electron chi connectivity index (χ3n) is 4.82. The molecule has 0 radical (unpaired) electrons. The van der Waals surface area contributed by atoms with Crippen LogP contribution in [0.3, 0.4) is 0 Å². The van der Waals surface area contributed by atoms with E-state index in [2.05, 4.69) is 0 Å². The lowest BCUT2D eigenvalue weighted by molar-refractivity contribution is 0.500. The first kappa shape index (κ1) is 20.0. The highest BCUT2D eigenvalue weighted by Crippen LogP contribution is 2.47. The van der Waals surface area contributed by atoms with Crippen molar-refractivity contribution in [3.05, 3.63) is 100 Å². The van der Waals surface area contributed by atoms with Gasteiger partial charge in [0.2, 0.25) is 0 Å². The Hall–Kier alpha value is -2.31. The zero-order valence-electron chi connectivity index (χ0n) is 15.2. The van der Waals surface area contributed by atoms with Crippen molar-refractivity contribution in [1.82, 2.24) is 0 Å². The monoisotopic (exact) mass is 439 g/mol. The molecule has 0 bridgehead atoms. The van der Waals surface area contributed by atoms with E-state index in [1.165, 1.54) is 0 Å². The summed E-state index contributed by atoms with van der Waals surface area (Å²) in [5, 5.41) is 2.35. The zero-order valence-corrected chi connectivity index (χ0v) is 17.6. The van der Waals surface area contributed by atoms with E-state index in [-0.39, 0.29) is 11.7 Å². The molecule has 6 heteroatoms. The quantitative estimate of drug-likeness (QED) is 0.374. The SMILES string of the molecule is O=S([O-])Cc1ccc(C2=C(c3ccccc3Cl)C(C=S)c3ccccc3O2)cc1. The van der Waals surface area contributed by atoms with Crippen LogP contribution in [-0.4, -0.2) is 14.1 Å². The summed E-state index contributed by atoms with van der Waals surface area (Å²) in [5.41, 5.74) is 4.28. The van der Waals surface area contributed by atoms with E-state index in [1.807, 2.05) is 60.7 Å². The molecule has 0 aliphatic carbocycles. The second-order valence-electron chi connectivity index (χ2n) is 6.62. The standard InChI is InChI=1S/C23H17ClO3S2/c24-20-7-3-1-6-18(20)22-19(13-28)17-5-2-4-8-21(17)27-23(22)16-11-9-15(10-12-16)14-29(25)26/h1-13,19H,14H2,(H,25,26)/p-1. The number of thiocarbonyl (C=S) groups is 1. The summed E-state index contributed by atoms with van der Waals surface area (Å²) < 4.78 is 28.3. The molecule has 4 rings (SSSR count). The molecule has 3 nitrogen and oxygen atoms in total. The van der Waals surface area contributed by atoms with Crippen molar-refractivity contribution >= 4 is 51.6 Å². The Morgan fingerprint density at radius 2 is 1.72 bits per heavy atom. The van der Waals surface area contributed by atoms with Gasteiger partial charge in [-0.05, 0) is 23.1 Å². The number of benzene rings is 3. The van der Waals surface area contributed by atoms with Gasteiger partial charge in [0.05, 0.1) is 0 Å². The lowest BCUT2D eigenvalue weighted by atomic mass is 9.83. The molecular weight excluding hydrogens is 424 g/mol. The molecule has 29 heavy (non-hydrogen) atoms. The lowest BCUT2D eigenvalue weighted by Gasteiger charge is -2.29. The average Bonchev–Trinajstić information content (AvgIpc) is 2.73. The molecule has 0 aromatic heterocycles. The van der Waals surface area contributed by atoms with Crippen LogP contribution >= 0.6 is 23.8 Å². The Morgan fingerprint density at radius 3 is 2.41 bits per heavy atom. The summed E-state index contributed by atoms with van der Waals surface area (Å²) >= 11 is 9.82. The van der Waals surface area contributed by atoms with Crippen LogP contribution in [-0.2, 0) is 16.8 Å². The topological polar surface area (TPSA) is 49.4 Å². The van der Waals surface area contributed by atoms with E-state index in [0.29, 0.717) is 16.3 Å². The predicted octanol–water partition coefficient (Wildman–Crippen LogP) is 5.76. The fraction of sp³-hybridized carbons (Fsp3) is 0.0870. The lowest BCUT2D eigenvalue weighted by Crippen LogP contribution is -2.15. The molecule has 2 unspecified atom stereocenters. The molecule has 0 fully saturated rings. The molecule has 146 valence electrons. The summed E-state index contributed by atoms with van der Waals surface area (Å²) in [7, 11) is 0. The normalized spacial score (nSPS) is 16.7. The smallest absolute Gasteiger partial charge is 0.139 e. The fourth-order valence-electron chi connectivity index (χ4n) is 3.51. The van der Waals surface area contributed by atoms with Gasteiger partial charge >= 0.3 is 0 Å². The third kappa shape index (κ3) is 4.05. The molecular formula is C23H16ClO3S2-. The fourth-order valence-corrected chi connectivity index (χ4v) is 4.49. The van der Waals surface area contributed by atoms with Crippen LogP contribution in [0.15, 0.2) is 72.8 Å². The number of allylic oxidation sites excluding steroid dienone is 1. The van der Waals surface area contributed by atoms with Gasteiger partial charge in [0.15, 0.2) is 0 Å². The van der Waals surface area contributed by atoms with Crippen molar-refractivity contribution in [3.8, 4) is 5.75 Å². The number of para-hydroxylation sites is 1. The Labute approximate surface area is 182 Å². The van der Waals surface area contributed by atoms with Crippen LogP contribution in [0.25, 0.3) is 11.3 Å². The number of fused-ring (bicyclic) bond motifs is 1. The number of hydrogen-bond acceptors (Lipinski definition) is 4. The van der Waals surface area contributed by atoms with Crippen molar-refractivity contribution < 1.29 is 13.5 Å². The summed E-state index contributed by atoms with van der Waals surface area (Å²) in [6, 6.07) is 22.7. The van der Waals surface area contributed by atoms with Gasteiger partial charge in [-0.1, -0.05) is 95.6 Å². The Morgan fingerprint density at radius 1 is 1.03 bits per heavy atom. The van der Waals surface area contributed by atoms with Gasteiger partial charge in [-0.15, -0.1) is 0 Å². The van der Waals surface area contributed by atoms with E-state index in [0.717, 1.165) is 28.0 Å². The van der Waals surface area contributed by atoms with E-state index in [1.54, 1.807) is 17.5 Å². The first-order chi connectivity index (χ1) is 14.1. The van der Waals surface area contributed by atoms with Crippen molar-refractivity contribution in [2.45, 2.75) is 11.7 Å². The number of hydrogen-bond donors (Lipinski definition) is 0. The molecule has 3 aromatic carbocycles.